The van der Waals surface area contributed by atoms with E-state index in [0.717, 1.165) is 0 Å². The number of aromatic nitrogens is 1. The van der Waals surface area contributed by atoms with Gasteiger partial charge in [0.1, 0.15) is 11.5 Å². The van der Waals surface area contributed by atoms with Gasteiger partial charge in [-0.15, -0.1) is 0 Å². The third-order valence-electron chi connectivity index (χ3n) is 3.53. The largest absolute Gasteiger partial charge is 0.476 e. The summed E-state index contributed by atoms with van der Waals surface area (Å²) in [6.45, 7) is -1.47. The molecule has 0 radical (unpaired) electrons. The first-order valence-electron chi connectivity index (χ1n) is 7.31. The van der Waals surface area contributed by atoms with Crippen LogP contribution in [0.5, 0.6) is 5.75 Å². The van der Waals surface area contributed by atoms with E-state index < -0.39 is 12.6 Å². The van der Waals surface area contributed by atoms with Crippen LogP contribution in [0.1, 0.15) is 16.2 Å². The van der Waals surface area contributed by atoms with Crippen molar-refractivity contribution in [3.8, 4) is 28.3 Å². The Morgan fingerprint density at radius 3 is 2.48 bits per heavy atom. The third-order valence-corrected chi connectivity index (χ3v) is 3.53. The minimum absolute atomic E-state index is 0.00619. The van der Waals surface area contributed by atoms with Gasteiger partial charge in [0.15, 0.2) is 5.69 Å². The normalized spacial score (nSPS) is 10.9. The molecule has 0 spiro atoms. The molecule has 3 rings (SSSR count). The second-order valence-electron chi connectivity index (χ2n) is 5.18. The number of oxazole rings is 1. The Bertz CT molecular complexity index is 907. The number of carboxylic acid groups (broad SMARTS) is 1. The maximum atomic E-state index is 12.7. The summed E-state index contributed by atoms with van der Waals surface area (Å²) < 4.78 is 35.3. The van der Waals surface area contributed by atoms with Crippen LogP contribution in [0.2, 0.25) is 0 Å². The number of carbonyl (C=O) groups is 1. The second kappa shape index (κ2) is 6.72. The lowest BCUT2D eigenvalue weighted by atomic mass is 10.0. The summed E-state index contributed by atoms with van der Waals surface area (Å²) in [5, 5.41) is 9.08. The summed E-state index contributed by atoms with van der Waals surface area (Å²) in [7, 11) is 0. The van der Waals surface area contributed by atoms with Gasteiger partial charge >= 0.3 is 12.6 Å². The summed E-state index contributed by atoms with van der Waals surface area (Å²) >= 11 is 0. The number of hydrogen-bond acceptors (Lipinski definition) is 4. The van der Waals surface area contributed by atoms with Gasteiger partial charge in [0, 0.05) is 11.1 Å². The fourth-order valence-electron chi connectivity index (χ4n) is 2.42. The lowest BCUT2D eigenvalue weighted by molar-refractivity contribution is -0.0494. The number of nitrogens with zero attached hydrogens (tertiary/aromatic N) is 1. The van der Waals surface area contributed by atoms with Crippen molar-refractivity contribution in [2.24, 2.45) is 0 Å². The van der Waals surface area contributed by atoms with Gasteiger partial charge in [0.25, 0.3) is 0 Å². The van der Waals surface area contributed by atoms with Gasteiger partial charge in [-0.05, 0) is 30.7 Å². The molecule has 0 unspecified atom stereocenters. The first-order valence-corrected chi connectivity index (χ1v) is 7.31. The molecular formula is C18H13F2NO4. The molecule has 0 saturated heterocycles. The molecular weight excluding hydrogens is 332 g/mol. The first kappa shape index (κ1) is 16.6. The van der Waals surface area contributed by atoms with Crippen LogP contribution < -0.4 is 4.74 Å². The summed E-state index contributed by atoms with van der Waals surface area (Å²) in [4.78, 5) is 15.1. The van der Waals surface area contributed by atoms with Crippen LogP contribution in [0.15, 0.2) is 52.9 Å². The Hall–Kier alpha value is -3.22. The van der Waals surface area contributed by atoms with Gasteiger partial charge < -0.3 is 14.3 Å². The highest BCUT2D eigenvalue weighted by molar-refractivity contribution is 5.87. The molecule has 7 heteroatoms. The SMILES string of the molecule is Cc1oc(-c2ccc(OC(F)F)c(-c3ccccc3)c2)nc1C(=O)O. The van der Waals surface area contributed by atoms with Crippen molar-refractivity contribution >= 4 is 5.97 Å². The predicted molar refractivity (Wildman–Crippen MR) is 85.7 cm³/mol. The molecule has 3 aromatic rings. The zero-order valence-electron chi connectivity index (χ0n) is 13.1. The number of ether oxygens (including phenoxy) is 1. The van der Waals surface area contributed by atoms with Gasteiger partial charge in [-0.25, -0.2) is 9.78 Å². The van der Waals surface area contributed by atoms with Crippen molar-refractivity contribution < 1.29 is 27.8 Å². The Morgan fingerprint density at radius 1 is 1.16 bits per heavy atom. The Morgan fingerprint density at radius 2 is 1.88 bits per heavy atom. The molecule has 1 aromatic heterocycles. The van der Waals surface area contributed by atoms with Gasteiger partial charge in [0.2, 0.25) is 5.89 Å². The molecule has 2 aromatic carbocycles. The van der Waals surface area contributed by atoms with Gasteiger partial charge in [-0.3, -0.25) is 0 Å². The minimum Gasteiger partial charge on any atom is -0.476 e. The molecule has 0 aliphatic rings. The Labute approximate surface area is 141 Å². The van der Waals surface area contributed by atoms with Crippen molar-refractivity contribution in [1.29, 1.82) is 0 Å². The van der Waals surface area contributed by atoms with Crippen molar-refractivity contribution in [2.45, 2.75) is 13.5 Å². The van der Waals surface area contributed by atoms with Crippen LogP contribution in [0.4, 0.5) is 8.78 Å². The van der Waals surface area contributed by atoms with Crippen LogP contribution in [0.25, 0.3) is 22.6 Å². The average Bonchev–Trinajstić information content (AvgIpc) is 2.97. The molecule has 0 bridgehead atoms. The molecule has 0 saturated carbocycles. The van der Waals surface area contributed by atoms with Crippen LogP contribution in [0, 0.1) is 6.92 Å². The fourth-order valence-corrected chi connectivity index (χ4v) is 2.42. The quantitative estimate of drug-likeness (QED) is 0.731. The first-order chi connectivity index (χ1) is 12.0. The fraction of sp³-hybridized carbons (Fsp3) is 0.111. The van der Waals surface area contributed by atoms with E-state index in [-0.39, 0.29) is 23.1 Å². The molecule has 5 nitrogen and oxygen atoms in total. The van der Waals surface area contributed by atoms with Crippen LogP contribution in [-0.2, 0) is 0 Å². The summed E-state index contributed by atoms with van der Waals surface area (Å²) in [6.07, 6.45) is 0. The number of halogens is 2. The van der Waals surface area contributed by atoms with E-state index in [0.29, 0.717) is 16.7 Å². The molecule has 1 N–H and O–H groups in total. The summed E-state index contributed by atoms with van der Waals surface area (Å²) in [6, 6.07) is 13.3. The highest BCUT2D eigenvalue weighted by Crippen LogP contribution is 2.35. The number of aryl methyl sites for hydroxylation is 1. The number of rotatable bonds is 5. The van der Waals surface area contributed by atoms with E-state index >= 15 is 0 Å². The molecule has 0 aliphatic carbocycles. The second-order valence-corrected chi connectivity index (χ2v) is 5.18. The third kappa shape index (κ3) is 3.50. The zero-order chi connectivity index (χ0) is 18.0. The number of hydrogen-bond donors (Lipinski definition) is 1. The van der Waals surface area contributed by atoms with E-state index in [4.69, 9.17) is 9.52 Å². The summed E-state index contributed by atoms with van der Waals surface area (Å²) in [5.41, 5.74) is 1.35. The highest BCUT2D eigenvalue weighted by atomic mass is 19.3. The van der Waals surface area contributed by atoms with Crippen molar-refractivity contribution in [3.63, 3.8) is 0 Å². The number of benzene rings is 2. The van der Waals surface area contributed by atoms with Crippen molar-refractivity contribution in [3.05, 3.63) is 60.0 Å². The van der Waals surface area contributed by atoms with Crippen molar-refractivity contribution in [1.82, 2.24) is 4.98 Å². The number of alkyl halides is 2. The molecule has 0 aliphatic heterocycles. The van der Waals surface area contributed by atoms with Crippen LogP contribution in [0.3, 0.4) is 0 Å². The molecule has 0 fully saturated rings. The van der Waals surface area contributed by atoms with Gasteiger partial charge in [-0.2, -0.15) is 8.78 Å². The topological polar surface area (TPSA) is 72.6 Å². The van der Waals surface area contributed by atoms with Crippen LogP contribution >= 0.6 is 0 Å². The standard InChI is InChI=1S/C18H13F2NO4/c1-10-15(17(22)23)21-16(24-10)12-7-8-14(25-18(19)20)13(9-12)11-5-3-2-4-6-11/h2-9,18H,1H3,(H,22,23). The smallest absolute Gasteiger partial charge is 0.387 e. The van der Waals surface area contributed by atoms with Crippen LogP contribution in [-0.4, -0.2) is 22.7 Å². The average molecular weight is 345 g/mol. The molecule has 25 heavy (non-hydrogen) atoms. The van der Waals surface area contributed by atoms with Gasteiger partial charge in [-0.1, -0.05) is 30.3 Å². The summed E-state index contributed by atoms with van der Waals surface area (Å²) in [5.74, 6) is -0.938. The molecule has 128 valence electrons. The maximum Gasteiger partial charge on any atom is 0.387 e. The van der Waals surface area contributed by atoms with E-state index in [9.17, 15) is 13.6 Å². The van der Waals surface area contributed by atoms with E-state index in [1.165, 1.54) is 19.1 Å². The lowest BCUT2D eigenvalue weighted by Crippen LogP contribution is -2.03. The Kier molecular flexibility index (Phi) is 4.47. The van der Waals surface area contributed by atoms with Gasteiger partial charge in [0.05, 0.1) is 0 Å². The minimum atomic E-state index is -2.96. The van der Waals surface area contributed by atoms with Crippen molar-refractivity contribution in [2.75, 3.05) is 0 Å². The monoisotopic (exact) mass is 345 g/mol. The maximum absolute atomic E-state index is 12.7. The molecule has 1 heterocycles. The Balaban J connectivity index is 2.11. The predicted octanol–water partition coefficient (Wildman–Crippen LogP) is 4.62. The lowest BCUT2D eigenvalue weighted by Gasteiger charge is -2.12. The highest BCUT2D eigenvalue weighted by Gasteiger charge is 2.19. The number of carboxylic acids is 1. The molecule has 0 atom stereocenters. The van der Waals surface area contributed by atoms with E-state index in [1.54, 1.807) is 36.4 Å². The zero-order valence-corrected chi connectivity index (χ0v) is 13.1. The molecule has 0 amide bonds. The number of aromatic carboxylic acids is 1. The van der Waals surface area contributed by atoms with E-state index in [1.807, 2.05) is 0 Å². The van der Waals surface area contributed by atoms with E-state index in [2.05, 4.69) is 9.72 Å².